The molecular weight excluding hydrogens is 250 g/mol. The summed E-state index contributed by atoms with van der Waals surface area (Å²) in [6.45, 7) is 2.66. The first-order chi connectivity index (χ1) is 7.33. The third kappa shape index (κ3) is 2.25. The minimum absolute atomic E-state index is 0.485. The molecule has 0 saturated carbocycles. The predicted octanol–water partition coefficient (Wildman–Crippen LogP) is 3.05. The van der Waals surface area contributed by atoms with E-state index in [1.165, 1.54) is 22.0 Å². The lowest BCUT2D eigenvalue weighted by atomic mass is 10.1. The second-order valence-electron chi connectivity index (χ2n) is 3.71. The summed E-state index contributed by atoms with van der Waals surface area (Å²) in [6.07, 6.45) is 2.34. The Morgan fingerprint density at radius 1 is 1.53 bits per heavy atom. The maximum atomic E-state index is 3.60. The van der Waals surface area contributed by atoms with Crippen LogP contribution >= 0.6 is 15.9 Å². The minimum Gasteiger partial charge on any atom is -0.299 e. The number of halogens is 1. The molecule has 0 aromatic heterocycles. The lowest BCUT2D eigenvalue weighted by molar-refractivity contribution is 0.568. The van der Waals surface area contributed by atoms with Crippen molar-refractivity contribution in [2.24, 2.45) is 0 Å². The number of hydrogen-bond donors (Lipinski definition) is 1. The molecule has 0 aliphatic heterocycles. The summed E-state index contributed by atoms with van der Waals surface area (Å²) in [5.41, 5.74) is 2.89. The molecule has 0 fully saturated rings. The number of hydrogen-bond acceptors (Lipinski definition) is 1. The first-order valence-electron chi connectivity index (χ1n) is 5.23. The van der Waals surface area contributed by atoms with Crippen LogP contribution in [0.5, 0.6) is 0 Å². The average Bonchev–Trinajstić information content (AvgIpc) is 2.64. The van der Waals surface area contributed by atoms with Gasteiger partial charge in [-0.3, -0.25) is 5.32 Å². The Hall–Kier alpha value is -0.780. The van der Waals surface area contributed by atoms with Crippen LogP contribution in [-0.2, 0) is 6.42 Å². The fourth-order valence-electron chi connectivity index (χ4n) is 2.08. The Labute approximate surface area is 99.4 Å². The van der Waals surface area contributed by atoms with Crippen molar-refractivity contribution in [2.75, 3.05) is 6.54 Å². The van der Waals surface area contributed by atoms with Gasteiger partial charge in [0.1, 0.15) is 0 Å². The quantitative estimate of drug-likeness (QED) is 0.809. The van der Waals surface area contributed by atoms with E-state index in [0.29, 0.717) is 6.04 Å². The molecule has 0 saturated heterocycles. The van der Waals surface area contributed by atoms with Crippen LogP contribution < -0.4 is 5.32 Å². The van der Waals surface area contributed by atoms with Crippen LogP contribution in [0.2, 0.25) is 0 Å². The molecule has 0 spiro atoms. The minimum atomic E-state index is 0.485. The van der Waals surface area contributed by atoms with Crippen molar-refractivity contribution in [1.82, 2.24) is 5.32 Å². The Kier molecular flexibility index (Phi) is 3.45. The normalized spacial score (nSPS) is 18.1. The zero-order chi connectivity index (χ0) is 10.7. The number of fused-ring (bicyclic) bond motifs is 1. The number of nitrogens with one attached hydrogen (secondary N) is 1. The van der Waals surface area contributed by atoms with Crippen LogP contribution in [0.25, 0.3) is 0 Å². The number of rotatable bonds is 2. The Morgan fingerprint density at radius 3 is 3.20 bits per heavy atom. The fourth-order valence-corrected chi connectivity index (χ4v) is 2.66. The summed E-state index contributed by atoms with van der Waals surface area (Å²) in [5, 5.41) is 3.47. The molecule has 1 aromatic carbocycles. The van der Waals surface area contributed by atoms with Gasteiger partial charge in [-0.15, -0.1) is 5.92 Å². The van der Waals surface area contributed by atoms with Crippen LogP contribution in [0.1, 0.15) is 30.5 Å². The van der Waals surface area contributed by atoms with Crippen LogP contribution in [0, 0.1) is 11.8 Å². The number of benzene rings is 1. The van der Waals surface area contributed by atoms with Gasteiger partial charge >= 0.3 is 0 Å². The SMILES string of the molecule is CC#CCNC1CCc2c(Br)cccc21. The summed E-state index contributed by atoms with van der Waals surface area (Å²) in [5.74, 6) is 5.95. The van der Waals surface area contributed by atoms with E-state index in [2.05, 4.69) is 51.3 Å². The van der Waals surface area contributed by atoms with Gasteiger partial charge < -0.3 is 0 Å². The van der Waals surface area contributed by atoms with Crippen molar-refractivity contribution < 1.29 is 0 Å². The molecule has 1 unspecified atom stereocenters. The lowest BCUT2D eigenvalue weighted by Crippen LogP contribution is -2.19. The van der Waals surface area contributed by atoms with Gasteiger partial charge in [-0.1, -0.05) is 34.0 Å². The third-order valence-electron chi connectivity index (χ3n) is 2.83. The molecule has 2 heteroatoms. The standard InChI is InChI=1S/C13H14BrN/c1-2-3-9-15-13-8-7-10-11(13)5-4-6-12(10)14/h4-6,13,15H,7-9H2,1H3. The zero-order valence-corrected chi connectivity index (χ0v) is 10.4. The van der Waals surface area contributed by atoms with Gasteiger partial charge in [0.25, 0.3) is 0 Å². The predicted molar refractivity (Wildman–Crippen MR) is 66.7 cm³/mol. The summed E-state index contributed by atoms with van der Waals surface area (Å²) < 4.78 is 1.24. The van der Waals surface area contributed by atoms with E-state index in [1.807, 2.05) is 6.92 Å². The van der Waals surface area contributed by atoms with Crippen molar-refractivity contribution in [3.05, 3.63) is 33.8 Å². The summed E-state index contributed by atoms with van der Waals surface area (Å²) >= 11 is 3.60. The molecule has 15 heavy (non-hydrogen) atoms. The molecule has 0 radical (unpaired) electrons. The van der Waals surface area contributed by atoms with Crippen LogP contribution in [-0.4, -0.2) is 6.54 Å². The second kappa shape index (κ2) is 4.83. The van der Waals surface area contributed by atoms with Gasteiger partial charge in [0.2, 0.25) is 0 Å². The molecule has 1 N–H and O–H groups in total. The molecule has 0 amide bonds. The second-order valence-corrected chi connectivity index (χ2v) is 4.56. The van der Waals surface area contributed by atoms with E-state index in [0.717, 1.165) is 13.0 Å². The highest BCUT2D eigenvalue weighted by atomic mass is 79.9. The molecule has 0 heterocycles. The first kappa shape index (κ1) is 10.7. The molecule has 0 bridgehead atoms. The van der Waals surface area contributed by atoms with E-state index in [-0.39, 0.29) is 0 Å². The molecule has 1 atom stereocenters. The largest absolute Gasteiger partial charge is 0.299 e. The molecule has 1 nitrogen and oxygen atoms in total. The first-order valence-corrected chi connectivity index (χ1v) is 6.02. The van der Waals surface area contributed by atoms with Crippen molar-refractivity contribution in [3.63, 3.8) is 0 Å². The molecular formula is C13H14BrN. The van der Waals surface area contributed by atoms with Crippen LogP contribution in [0.3, 0.4) is 0 Å². The lowest BCUT2D eigenvalue weighted by Gasteiger charge is -2.11. The summed E-state index contributed by atoms with van der Waals surface area (Å²) in [7, 11) is 0. The molecule has 2 rings (SSSR count). The van der Waals surface area contributed by atoms with Gasteiger partial charge in [0, 0.05) is 10.5 Å². The van der Waals surface area contributed by atoms with Gasteiger partial charge in [0.05, 0.1) is 6.54 Å². The summed E-state index contributed by atoms with van der Waals surface area (Å²) in [4.78, 5) is 0. The zero-order valence-electron chi connectivity index (χ0n) is 8.81. The summed E-state index contributed by atoms with van der Waals surface area (Å²) in [6, 6.07) is 6.92. The van der Waals surface area contributed by atoms with Crippen LogP contribution in [0.15, 0.2) is 22.7 Å². The van der Waals surface area contributed by atoms with Gasteiger partial charge in [-0.2, -0.15) is 0 Å². The highest BCUT2D eigenvalue weighted by Gasteiger charge is 2.22. The van der Waals surface area contributed by atoms with Gasteiger partial charge in [-0.25, -0.2) is 0 Å². The molecule has 1 aliphatic rings. The highest BCUT2D eigenvalue weighted by molar-refractivity contribution is 9.10. The van der Waals surface area contributed by atoms with E-state index < -0.39 is 0 Å². The van der Waals surface area contributed by atoms with Crippen molar-refractivity contribution in [3.8, 4) is 11.8 Å². The molecule has 78 valence electrons. The topological polar surface area (TPSA) is 12.0 Å². The Morgan fingerprint density at radius 2 is 2.40 bits per heavy atom. The van der Waals surface area contributed by atoms with Crippen molar-refractivity contribution >= 4 is 15.9 Å². The van der Waals surface area contributed by atoms with E-state index in [9.17, 15) is 0 Å². The van der Waals surface area contributed by atoms with Gasteiger partial charge in [0.15, 0.2) is 0 Å². The fraction of sp³-hybridized carbons (Fsp3) is 0.385. The van der Waals surface area contributed by atoms with E-state index in [4.69, 9.17) is 0 Å². The maximum absolute atomic E-state index is 3.60. The van der Waals surface area contributed by atoms with Crippen molar-refractivity contribution in [2.45, 2.75) is 25.8 Å². The highest BCUT2D eigenvalue weighted by Crippen LogP contribution is 2.35. The van der Waals surface area contributed by atoms with Crippen molar-refractivity contribution in [1.29, 1.82) is 0 Å². The smallest absolute Gasteiger partial charge is 0.0581 e. The third-order valence-corrected chi connectivity index (χ3v) is 3.57. The van der Waals surface area contributed by atoms with E-state index >= 15 is 0 Å². The van der Waals surface area contributed by atoms with E-state index in [1.54, 1.807) is 0 Å². The average molecular weight is 264 g/mol. The van der Waals surface area contributed by atoms with Gasteiger partial charge in [-0.05, 0) is 37.0 Å². The van der Waals surface area contributed by atoms with Crippen LogP contribution in [0.4, 0.5) is 0 Å². The molecule has 1 aliphatic carbocycles. The monoisotopic (exact) mass is 263 g/mol. The molecule has 1 aromatic rings. The Bertz CT molecular complexity index is 414. The maximum Gasteiger partial charge on any atom is 0.0581 e. The Balaban J connectivity index is 2.13.